The molecule has 0 unspecified atom stereocenters. The molecule has 136 valence electrons. The van der Waals surface area contributed by atoms with E-state index >= 15 is 0 Å². The van der Waals surface area contributed by atoms with Gasteiger partial charge in [0.2, 0.25) is 0 Å². The van der Waals surface area contributed by atoms with Crippen molar-refractivity contribution in [3.05, 3.63) is 51.9 Å². The van der Waals surface area contributed by atoms with Gasteiger partial charge < -0.3 is 19.6 Å². The first-order valence-corrected chi connectivity index (χ1v) is 9.05. The number of aryl methyl sites for hydroxylation is 2. The molecule has 0 aliphatic carbocycles. The molecule has 0 atom stereocenters. The minimum atomic E-state index is 0.0212. The van der Waals surface area contributed by atoms with Crippen LogP contribution in [-0.2, 0) is 18.3 Å². The molecule has 1 aliphatic rings. The molecule has 0 saturated carbocycles. The second-order valence-corrected chi connectivity index (χ2v) is 7.00. The van der Waals surface area contributed by atoms with Crippen LogP contribution in [-0.4, -0.2) is 27.3 Å². The molecule has 1 aromatic carbocycles. The fourth-order valence-electron chi connectivity index (χ4n) is 3.78. The highest BCUT2D eigenvalue weighted by Crippen LogP contribution is 2.33. The highest BCUT2D eigenvalue weighted by atomic mass is 16.5. The molecule has 0 bridgehead atoms. The van der Waals surface area contributed by atoms with Crippen molar-refractivity contribution in [2.45, 2.75) is 32.4 Å². The number of fused-ring (bicyclic) bond motifs is 1. The summed E-state index contributed by atoms with van der Waals surface area (Å²) in [7, 11) is 1.78. The van der Waals surface area contributed by atoms with Gasteiger partial charge in [-0.15, -0.1) is 0 Å². The molecule has 3 aromatic rings. The number of nitrogens with two attached hydrogens (primary N) is 1. The number of aromatic nitrogens is 3. The summed E-state index contributed by atoms with van der Waals surface area (Å²) >= 11 is 0. The van der Waals surface area contributed by atoms with Gasteiger partial charge in [0.1, 0.15) is 5.82 Å². The first-order chi connectivity index (χ1) is 12.6. The first kappa shape index (κ1) is 17.0. The van der Waals surface area contributed by atoms with Crippen LogP contribution >= 0.6 is 0 Å². The van der Waals surface area contributed by atoms with Crippen molar-refractivity contribution in [1.29, 1.82) is 0 Å². The van der Waals surface area contributed by atoms with Gasteiger partial charge in [0.25, 0.3) is 5.56 Å². The Hall–Kier alpha value is -2.44. The van der Waals surface area contributed by atoms with Crippen molar-refractivity contribution in [3.8, 4) is 11.4 Å². The molecule has 2 aromatic heterocycles. The van der Waals surface area contributed by atoms with E-state index in [1.165, 1.54) is 0 Å². The Morgan fingerprint density at radius 3 is 2.73 bits per heavy atom. The van der Waals surface area contributed by atoms with Gasteiger partial charge in [-0.05, 0) is 43.5 Å². The Balaban J connectivity index is 1.97. The van der Waals surface area contributed by atoms with Gasteiger partial charge in [0.05, 0.1) is 11.0 Å². The molecule has 2 N–H and O–H groups in total. The van der Waals surface area contributed by atoms with Gasteiger partial charge in [-0.1, -0.05) is 6.07 Å². The molecule has 0 radical (unpaired) electrons. The normalized spacial score (nSPS) is 15.7. The lowest BCUT2D eigenvalue weighted by Gasteiger charge is -2.26. The van der Waals surface area contributed by atoms with Crippen LogP contribution in [0, 0.1) is 6.92 Å². The van der Waals surface area contributed by atoms with E-state index in [0.29, 0.717) is 12.6 Å². The molecule has 6 heteroatoms. The molecule has 1 saturated heterocycles. The van der Waals surface area contributed by atoms with Crippen LogP contribution in [0.2, 0.25) is 0 Å². The van der Waals surface area contributed by atoms with Gasteiger partial charge in [0, 0.05) is 50.2 Å². The number of rotatable bonds is 3. The van der Waals surface area contributed by atoms with Crippen LogP contribution in [0.5, 0.6) is 0 Å². The SMILES string of the molecule is Cc1cc(-c2nc3ccc(CN)cc3n2C2CCOCC2)cn(C)c1=O. The molecule has 26 heavy (non-hydrogen) atoms. The minimum Gasteiger partial charge on any atom is -0.381 e. The molecular formula is C20H24N4O2. The van der Waals surface area contributed by atoms with Crippen LogP contribution in [0.3, 0.4) is 0 Å². The van der Waals surface area contributed by atoms with Crippen molar-refractivity contribution >= 4 is 11.0 Å². The van der Waals surface area contributed by atoms with E-state index in [4.69, 9.17) is 15.5 Å². The van der Waals surface area contributed by atoms with Gasteiger partial charge in [-0.2, -0.15) is 0 Å². The largest absolute Gasteiger partial charge is 0.381 e. The van der Waals surface area contributed by atoms with E-state index in [9.17, 15) is 4.79 Å². The van der Waals surface area contributed by atoms with E-state index in [1.807, 2.05) is 31.3 Å². The van der Waals surface area contributed by atoms with Crippen molar-refractivity contribution in [2.75, 3.05) is 13.2 Å². The lowest BCUT2D eigenvalue weighted by molar-refractivity contribution is 0.0710. The molecule has 0 spiro atoms. The minimum absolute atomic E-state index is 0.0212. The molecule has 0 amide bonds. The lowest BCUT2D eigenvalue weighted by Crippen LogP contribution is -2.21. The molecule has 4 rings (SSSR count). The summed E-state index contributed by atoms with van der Waals surface area (Å²) in [5, 5.41) is 0. The quantitative estimate of drug-likeness (QED) is 0.786. The smallest absolute Gasteiger partial charge is 0.253 e. The van der Waals surface area contributed by atoms with Crippen molar-refractivity contribution in [3.63, 3.8) is 0 Å². The summed E-state index contributed by atoms with van der Waals surface area (Å²) in [5.41, 5.74) is 10.7. The lowest BCUT2D eigenvalue weighted by atomic mass is 10.1. The highest BCUT2D eigenvalue weighted by molar-refractivity contribution is 5.81. The summed E-state index contributed by atoms with van der Waals surface area (Å²) in [4.78, 5) is 17.0. The molecule has 1 aliphatic heterocycles. The maximum Gasteiger partial charge on any atom is 0.253 e. The Morgan fingerprint density at radius 2 is 2.04 bits per heavy atom. The predicted octanol–water partition coefficient (Wildman–Crippen LogP) is 2.52. The predicted molar refractivity (Wildman–Crippen MR) is 102 cm³/mol. The van der Waals surface area contributed by atoms with Gasteiger partial charge in [-0.3, -0.25) is 4.79 Å². The number of ether oxygens (including phenoxy) is 1. The van der Waals surface area contributed by atoms with E-state index < -0.39 is 0 Å². The Bertz CT molecular complexity index is 986. The van der Waals surface area contributed by atoms with Crippen molar-refractivity contribution in [1.82, 2.24) is 14.1 Å². The van der Waals surface area contributed by atoms with Crippen molar-refractivity contribution in [2.24, 2.45) is 12.8 Å². The van der Waals surface area contributed by atoms with E-state index in [-0.39, 0.29) is 5.56 Å². The number of benzene rings is 1. The van der Waals surface area contributed by atoms with Gasteiger partial charge in [0.15, 0.2) is 0 Å². The zero-order valence-electron chi connectivity index (χ0n) is 15.2. The number of pyridine rings is 1. The Morgan fingerprint density at radius 1 is 1.27 bits per heavy atom. The molecule has 1 fully saturated rings. The fourth-order valence-corrected chi connectivity index (χ4v) is 3.78. The second-order valence-electron chi connectivity index (χ2n) is 7.00. The van der Waals surface area contributed by atoms with Crippen LogP contribution in [0.25, 0.3) is 22.4 Å². The fraction of sp³-hybridized carbons (Fsp3) is 0.400. The number of nitrogens with zero attached hydrogens (tertiary/aromatic N) is 3. The second kappa shape index (κ2) is 6.70. The number of hydrogen-bond donors (Lipinski definition) is 1. The Kier molecular flexibility index (Phi) is 4.38. The summed E-state index contributed by atoms with van der Waals surface area (Å²) in [6, 6.07) is 8.46. The standard InChI is InChI=1S/C20H24N4O2/c1-13-9-15(12-23(2)20(13)25)19-22-17-4-3-14(11-21)10-18(17)24(19)16-5-7-26-8-6-16/h3-4,9-10,12,16H,5-8,11,21H2,1-2H3. The summed E-state index contributed by atoms with van der Waals surface area (Å²) in [6.45, 7) is 3.86. The van der Waals surface area contributed by atoms with Crippen LogP contribution in [0.1, 0.15) is 30.0 Å². The van der Waals surface area contributed by atoms with E-state index in [1.54, 1.807) is 11.6 Å². The zero-order chi connectivity index (χ0) is 18.3. The van der Waals surface area contributed by atoms with Crippen LogP contribution in [0.15, 0.2) is 35.3 Å². The van der Waals surface area contributed by atoms with Gasteiger partial charge >= 0.3 is 0 Å². The first-order valence-electron chi connectivity index (χ1n) is 9.05. The van der Waals surface area contributed by atoms with E-state index in [2.05, 4.69) is 10.6 Å². The third kappa shape index (κ3) is 2.85. The summed E-state index contributed by atoms with van der Waals surface area (Å²) in [6.07, 6.45) is 3.78. The zero-order valence-corrected chi connectivity index (χ0v) is 15.2. The third-order valence-corrected chi connectivity index (χ3v) is 5.17. The third-order valence-electron chi connectivity index (χ3n) is 5.17. The monoisotopic (exact) mass is 352 g/mol. The summed E-state index contributed by atoms with van der Waals surface area (Å²) < 4.78 is 9.50. The molecule has 6 nitrogen and oxygen atoms in total. The van der Waals surface area contributed by atoms with Crippen LogP contribution in [0.4, 0.5) is 0 Å². The molecule has 3 heterocycles. The highest BCUT2D eigenvalue weighted by Gasteiger charge is 2.23. The number of hydrogen-bond acceptors (Lipinski definition) is 4. The van der Waals surface area contributed by atoms with Crippen LogP contribution < -0.4 is 11.3 Å². The average Bonchev–Trinajstić information content (AvgIpc) is 3.05. The van der Waals surface area contributed by atoms with E-state index in [0.717, 1.165) is 59.6 Å². The Labute approximate surface area is 152 Å². The van der Waals surface area contributed by atoms with Crippen molar-refractivity contribution < 1.29 is 4.74 Å². The average molecular weight is 352 g/mol. The maximum atomic E-state index is 12.1. The molecular weight excluding hydrogens is 328 g/mol. The van der Waals surface area contributed by atoms with Gasteiger partial charge in [-0.25, -0.2) is 4.98 Å². The summed E-state index contributed by atoms with van der Waals surface area (Å²) in [5.74, 6) is 0.903. The number of imidazole rings is 1. The maximum absolute atomic E-state index is 12.1. The topological polar surface area (TPSA) is 75.1 Å².